The predicted octanol–water partition coefficient (Wildman–Crippen LogP) is 2.76. The average molecular weight is 255 g/mol. The smallest absolute Gasteiger partial charge is 0.169 e. The number of ether oxygens (including phenoxy) is 2. The van der Waals surface area contributed by atoms with Gasteiger partial charge in [0.1, 0.15) is 12.7 Å². The van der Waals surface area contributed by atoms with Crippen LogP contribution in [0.25, 0.3) is 11.1 Å². The van der Waals surface area contributed by atoms with Gasteiger partial charge in [-0.2, -0.15) is 0 Å². The van der Waals surface area contributed by atoms with Crippen LogP contribution in [0.2, 0.25) is 0 Å². The maximum absolute atomic E-state index is 5.97. The van der Waals surface area contributed by atoms with E-state index in [0.717, 1.165) is 17.1 Å². The number of fused-ring (bicyclic) bond motifs is 1. The van der Waals surface area contributed by atoms with Crippen molar-refractivity contribution in [2.24, 2.45) is 5.73 Å². The van der Waals surface area contributed by atoms with Gasteiger partial charge in [0.2, 0.25) is 0 Å². The van der Waals surface area contributed by atoms with Crippen molar-refractivity contribution in [3.63, 3.8) is 0 Å². The van der Waals surface area contributed by atoms with E-state index in [1.165, 1.54) is 11.1 Å². The number of rotatable bonds is 2. The highest BCUT2D eigenvalue weighted by Gasteiger charge is 2.23. The number of aryl methyl sites for hydroxylation is 1. The van der Waals surface area contributed by atoms with E-state index in [0.29, 0.717) is 13.2 Å². The van der Waals surface area contributed by atoms with Crippen molar-refractivity contribution < 1.29 is 9.47 Å². The normalized spacial score (nSPS) is 17.3. The molecule has 1 atom stereocenters. The quantitative estimate of drug-likeness (QED) is 0.897. The second kappa shape index (κ2) is 4.94. The van der Waals surface area contributed by atoms with E-state index in [1.807, 2.05) is 24.3 Å². The third-order valence-corrected chi connectivity index (χ3v) is 3.39. The molecule has 98 valence electrons. The molecular weight excluding hydrogens is 238 g/mol. The van der Waals surface area contributed by atoms with Gasteiger partial charge >= 0.3 is 0 Å². The van der Waals surface area contributed by atoms with Gasteiger partial charge in [-0.15, -0.1) is 0 Å². The third kappa shape index (κ3) is 2.17. The number of nitrogens with two attached hydrogens (primary N) is 1. The Morgan fingerprint density at radius 1 is 1.11 bits per heavy atom. The predicted molar refractivity (Wildman–Crippen MR) is 75.6 cm³/mol. The van der Waals surface area contributed by atoms with Crippen LogP contribution in [-0.2, 0) is 0 Å². The van der Waals surface area contributed by atoms with Gasteiger partial charge in [-0.3, -0.25) is 0 Å². The maximum Gasteiger partial charge on any atom is 0.169 e. The second-order valence-corrected chi connectivity index (χ2v) is 4.73. The first-order chi connectivity index (χ1) is 9.29. The van der Waals surface area contributed by atoms with E-state index in [4.69, 9.17) is 15.2 Å². The second-order valence-electron chi connectivity index (χ2n) is 4.73. The molecule has 2 N–H and O–H groups in total. The Morgan fingerprint density at radius 3 is 2.68 bits per heavy atom. The molecule has 0 bridgehead atoms. The molecule has 0 amide bonds. The molecule has 1 aliphatic rings. The number of benzene rings is 2. The van der Waals surface area contributed by atoms with Gasteiger partial charge in [0.05, 0.1) is 0 Å². The zero-order chi connectivity index (χ0) is 13.2. The monoisotopic (exact) mass is 255 g/mol. The van der Waals surface area contributed by atoms with E-state index in [9.17, 15) is 0 Å². The molecule has 3 heteroatoms. The summed E-state index contributed by atoms with van der Waals surface area (Å²) in [6.45, 7) is 3.07. The molecule has 0 radical (unpaired) electrons. The molecule has 1 aliphatic heterocycles. The Bertz CT molecular complexity index is 595. The summed E-state index contributed by atoms with van der Waals surface area (Å²) in [5, 5.41) is 0. The Morgan fingerprint density at radius 2 is 1.89 bits per heavy atom. The summed E-state index contributed by atoms with van der Waals surface area (Å²) in [5.74, 6) is 1.60. The zero-order valence-electron chi connectivity index (χ0n) is 10.9. The van der Waals surface area contributed by atoms with Gasteiger partial charge in [-0.05, 0) is 24.1 Å². The van der Waals surface area contributed by atoms with Crippen LogP contribution in [0.4, 0.5) is 0 Å². The van der Waals surface area contributed by atoms with Crippen LogP contribution in [0.1, 0.15) is 5.56 Å². The largest absolute Gasteiger partial charge is 0.486 e. The minimum Gasteiger partial charge on any atom is -0.486 e. The Hall–Kier alpha value is -2.00. The SMILES string of the molecule is Cc1ccccc1-c1cccc2c1OC(CN)CO2. The van der Waals surface area contributed by atoms with Crippen molar-refractivity contribution in [2.75, 3.05) is 13.2 Å². The molecule has 3 nitrogen and oxygen atoms in total. The number of hydrogen-bond donors (Lipinski definition) is 1. The van der Waals surface area contributed by atoms with Crippen LogP contribution in [0.5, 0.6) is 11.5 Å². The van der Waals surface area contributed by atoms with E-state index >= 15 is 0 Å². The summed E-state index contributed by atoms with van der Waals surface area (Å²) >= 11 is 0. The van der Waals surface area contributed by atoms with Crippen LogP contribution in [0.3, 0.4) is 0 Å². The summed E-state index contributed by atoms with van der Waals surface area (Å²) in [7, 11) is 0. The van der Waals surface area contributed by atoms with Gasteiger partial charge in [0.15, 0.2) is 11.5 Å². The molecule has 0 saturated heterocycles. The molecule has 0 aliphatic carbocycles. The van der Waals surface area contributed by atoms with Gasteiger partial charge in [-0.1, -0.05) is 36.4 Å². The van der Waals surface area contributed by atoms with Crippen molar-refractivity contribution in [3.8, 4) is 22.6 Å². The fraction of sp³-hybridized carbons (Fsp3) is 0.250. The van der Waals surface area contributed by atoms with Crippen molar-refractivity contribution in [1.82, 2.24) is 0 Å². The van der Waals surface area contributed by atoms with E-state index < -0.39 is 0 Å². The number of hydrogen-bond acceptors (Lipinski definition) is 3. The summed E-state index contributed by atoms with van der Waals surface area (Å²) < 4.78 is 11.7. The van der Waals surface area contributed by atoms with Gasteiger partial charge < -0.3 is 15.2 Å². The molecule has 2 aromatic carbocycles. The zero-order valence-corrected chi connectivity index (χ0v) is 10.9. The molecule has 1 unspecified atom stereocenters. The Balaban J connectivity index is 2.11. The minimum absolute atomic E-state index is 0.0716. The van der Waals surface area contributed by atoms with Gasteiger partial charge in [-0.25, -0.2) is 0 Å². The van der Waals surface area contributed by atoms with E-state index in [2.05, 4.69) is 25.1 Å². The molecule has 0 saturated carbocycles. The first-order valence-corrected chi connectivity index (χ1v) is 6.48. The molecular formula is C16H17NO2. The molecule has 0 spiro atoms. The van der Waals surface area contributed by atoms with Crippen LogP contribution >= 0.6 is 0 Å². The van der Waals surface area contributed by atoms with E-state index in [-0.39, 0.29) is 6.10 Å². The van der Waals surface area contributed by atoms with Crippen LogP contribution in [0, 0.1) is 6.92 Å². The molecule has 2 aromatic rings. The molecule has 19 heavy (non-hydrogen) atoms. The van der Waals surface area contributed by atoms with Crippen LogP contribution in [-0.4, -0.2) is 19.3 Å². The molecule has 1 heterocycles. The number of para-hydroxylation sites is 1. The third-order valence-electron chi connectivity index (χ3n) is 3.39. The van der Waals surface area contributed by atoms with Crippen molar-refractivity contribution in [1.29, 1.82) is 0 Å². The fourth-order valence-corrected chi connectivity index (χ4v) is 2.34. The minimum atomic E-state index is -0.0716. The van der Waals surface area contributed by atoms with Crippen molar-refractivity contribution in [2.45, 2.75) is 13.0 Å². The average Bonchev–Trinajstić information content (AvgIpc) is 2.47. The lowest BCUT2D eigenvalue weighted by molar-refractivity contribution is 0.0976. The molecule has 0 fully saturated rings. The standard InChI is InChI=1S/C16H17NO2/c1-11-5-2-3-6-13(11)14-7-4-8-15-16(14)19-12(9-17)10-18-15/h2-8,12H,9-10,17H2,1H3. The lowest BCUT2D eigenvalue weighted by Crippen LogP contribution is -2.35. The fourth-order valence-electron chi connectivity index (χ4n) is 2.34. The molecule has 0 aromatic heterocycles. The Kier molecular flexibility index (Phi) is 3.13. The Labute approximate surface area is 113 Å². The van der Waals surface area contributed by atoms with E-state index in [1.54, 1.807) is 0 Å². The first kappa shape index (κ1) is 12.1. The summed E-state index contributed by atoms with van der Waals surface area (Å²) in [6, 6.07) is 14.2. The van der Waals surface area contributed by atoms with Crippen molar-refractivity contribution in [3.05, 3.63) is 48.0 Å². The van der Waals surface area contributed by atoms with Crippen molar-refractivity contribution >= 4 is 0 Å². The summed E-state index contributed by atoms with van der Waals surface area (Å²) in [5.41, 5.74) is 9.12. The van der Waals surface area contributed by atoms with Crippen LogP contribution in [0.15, 0.2) is 42.5 Å². The lowest BCUT2D eigenvalue weighted by atomic mass is 9.99. The van der Waals surface area contributed by atoms with Gasteiger partial charge in [0, 0.05) is 12.1 Å². The lowest BCUT2D eigenvalue weighted by Gasteiger charge is -2.27. The highest BCUT2D eigenvalue weighted by atomic mass is 16.6. The summed E-state index contributed by atoms with van der Waals surface area (Å²) in [4.78, 5) is 0. The molecule has 3 rings (SSSR count). The van der Waals surface area contributed by atoms with Gasteiger partial charge in [0.25, 0.3) is 0 Å². The van der Waals surface area contributed by atoms with Crippen LogP contribution < -0.4 is 15.2 Å². The topological polar surface area (TPSA) is 44.5 Å². The highest BCUT2D eigenvalue weighted by molar-refractivity contribution is 5.76. The summed E-state index contributed by atoms with van der Waals surface area (Å²) in [6.07, 6.45) is -0.0716. The maximum atomic E-state index is 5.97. The first-order valence-electron chi connectivity index (χ1n) is 6.48. The highest BCUT2D eigenvalue weighted by Crippen LogP contribution is 2.41.